The Kier molecular flexibility index (Phi) is 4.37. The second-order valence-electron chi connectivity index (χ2n) is 4.73. The quantitative estimate of drug-likeness (QED) is 0.822. The van der Waals surface area contributed by atoms with E-state index in [-0.39, 0.29) is 22.7 Å². The highest BCUT2D eigenvalue weighted by atomic mass is 35.5. The number of benzene rings is 1. The topological polar surface area (TPSA) is 49.3 Å². The molecule has 3 nitrogen and oxygen atoms in total. The van der Waals surface area contributed by atoms with Gasteiger partial charge in [-0.2, -0.15) is 0 Å². The van der Waals surface area contributed by atoms with Crippen molar-refractivity contribution in [1.82, 2.24) is 5.32 Å². The van der Waals surface area contributed by atoms with Gasteiger partial charge in [0.15, 0.2) is 11.6 Å². The zero-order chi connectivity index (χ0) is 14.0. The first-order valence-corrected chi connectivity index (χ1v) is 6.48. The number of halogens is 3. The molecule has 1 aromatic rings. The van der Waals surface area contributed by atoms with E-state index >= 15 is 0 Å². The molecule has 0 aliphatic heterocycles. The van der Waals surface area contributed by atoms with Crippen LogP contribution in [0.1, 0.15) is 36.0 Å². The standard InChI is InChI=1S/C13H14ClF2NO2/c14-10-6-12(16)11(15)5-9(10)13(19)17-7-1-3-8(18)4-2-7/h5-8,18H,1-4H2,(H,17,19). The maximum absolute atomic E-state index is 13.1. The Morgan fingerprint density at radius 1 is 1.21 bits per heavy atom. The molecule has 1 aliphatic rings. The number of amides is 1. The van der Waals surface area contributed by atoms with Crippen LogP contribution in [0, 0.1) is 11.6 Å². The summed E-state index contributed by atoms with van der Waals surface area (Å²) in [6, 6.07) is 1.52. The van der Waals surface area contributed by atoms with Gasteiger partial charge in [-0.05, 0) is 37.8 Å². The molecule has 1 aliphatic carbocycles. The van der Waals surface area contributed by atoms with Crippen molar-refractivity contribution in [3.8, 4) is 0 Å². The lowest BCUT2D eigenvalue weighted by Gasteiger charge is -2.26. The molecule has 1 fully saturated rings. The van der Waals surface area contributed by atoms with Crippen molar-refractivity contribution in [3.05, 3.63) is 34.4 Å². The molecule has 2 rings (SSSR count). The first-order valence-electron chi connectivity index (χ1n) is 6.11. The summed E-state index contributed by atoms with van der Waals surface area (Å²) in [5.41, 5.74) is -0.0771. The number of rotatable bonds is 2. The molecular formula is C13H14ClF2NO2. The molecule has 1 amide bonds. The van der Waals surface area contributed by atoms with Gasteiger partial charge in [-0.25, -0.2) is 8.78 Å². The highest BCUT2D eigenvalue weighted by molar-refractivity contribution is 6.33. The minimum Gasteiger partial charge on any atom is -0.393 e. The summed E-state index contributed by atoms with van der Waals surface area (Å²) in [6.45, 7) is 0. The lowest BCUT2D eigenvalue weighted by molar-refractivity contribution is 0.0867. The van der Waals surface area contributed by atoms with Crippen molar-refractivity contribution in [2.45, 2.75) is 37.8 Å². The Hall–Kier alpha value is -1.20. The molecule has 104 valence electrons. The molecule has 19 heavy (non-hydrogen) atoms. The molecule has 2 N–H and O–H groups in total. The monoisotopic (exact) mass is 289 g/mol. The fourth-order valence-corrected chi connectivity index (χ4v) is 2.42. The van der Waals surface area contributed by atoms with Crippen LogP contribution >= 0.6 is 11.6 Å². The molecule has 0 radical (unpaired) electrons. The van der Waals surface area contributed by atoms with Gasteiger partial charge in [0.25, 0.3) is 5.91 Å². The summed E-state index contributed by atoms with van der Waals surface area (Å²) in [7, 11) is 0. The van der Waals surface area contributed by atoms with Crippen LogP contribution in [0.4, 0.5) is 8.78 Å². The fourth-order valence-electron chi connectivity index (χ4n) is 2.18. The Bertz CT molecular complexity index is 488. The summed E-state index contributed by atoms with van der Waals surface area (Å²) in [5.74, 6) is -2.71. The van der Waals surface area contributed by atoms with Crippen molar-refractivity contribution < 1.29 is 18.7 Å². The van der Waals surface area contributed by atoms with E-state index < -0.39 is 17.5 Å². The highest BCUT2D eigenvalue weighted by Crippen LogP contribution is 2.22. The van der Waals surface area contributed by atoms with Crippen LogP contribution < -0.4 is 5.32 Å². The van der Waals surface area contributed by atoms with Crippen LogP contribution in [0.5, 0.6) is 0 Å². The van der Waals surface area contributed by atoms with Crippen molar-refractivity contribution in [1.29, 1.82) is 0 Å². The van der Waals surface area contributed by atoms with E-state index in [1.807, 2.05) is 0 Å². The molecule has 6 heteroatoms. The fraction of sp³-hybridized carbons (Fsp3) is 0.462. The minimum absolute atomic E-state index is 0.0694. The van der Waals surface area contributed by atoms with Crippen LogP contribution in [0.25, 0.3) is 0 Å². The third-order valence-corrected chi connectivity index (χ3v) is 3.60. The van der Waals surface area contributed by atoms with E-state index in [9.17, 15) is 18.7 Å². The van der Waals surface area contributed by atoms with Gasteiger partial charge in [0.1, 0.15) is 0 Å². The van der Waals surface area contributed by atoms with E-state index in [4.69, 9.17) is 11.6 Å². The number of carbonyl (C=O) groups excluding carboxylic acids is 1. The molecule has 0 saturated heterocycles. The first kappa shape index (κ1) is 14.2. The van der Waals surface area contributed by atoms with Gasteiger partial charge in [0.2, 0.25) is 0 Å². The number of aliphatic hydroxyl groups excluding tert-OH is 1. The van der Waals surface area contributed by atoms with Crippen LogP contribution in [0.3, 0.4) is 0 Å². The zero-order valence-corrected chi connectivity index (χ0v) is 10.9. The maximum atomic E-state index is 13.1. The van der Waals surface area contributed by atoms with E-state index in [0.717, 1.165) is 12.1 Å². The average molecular weight is 290 g/mol. The Morgan fingerprint density at radius 2 is 1.79 bits per heavy atom. The molecule has 1 aromatic carbocycles. The lowest BCUT2D eigenvalue weighted by Crippen LogP contribution is -2.38. The van der Waals surface area contributed by atoms with Gasteiger partial charge < -0.3 is 10.4 Å². The van der Waals surface area contributed by atoms with Gasteiger partial charge in [-0.15, -0.1) is 0 Å². The average Bonchev–Trinajstić information content (AvgIpc) is 2.36. The summed E-state index contributed by atoms with van der Waals surface area (Å²) >= 11 is 5.73. The minimum atomic E-state index is -1.10. The van der Waals surface area contributed by atoms with E-state index in [1.165, 1.54) is 0 Å². The van der Waals surface area contributed by atoms with Gasteiger partial charge in [0, 0.05) is 6.04 Å². The third-order valence-electron chi connectivity index (χ3n) is 3.29. The van der Waals surface area contributed by atoms with Crippen LogP contribution in [-0.4, -0.2) is 23.2 Å². The summed E-state index contributed by atoms with van der Waals surface area (Å²) in [6.07, 6.45) is 2.25. The maximum Gasteiger partial charge on any atom is 0.253 e. The highest BCUT2D eigenvalue weighted by Gasteiger charge is 2.22. The zero-order valence-electron chi connectivity index (χ0n) is 10.1. The Labute approximate surface area is 114 Å². The SMILES string of the molecule is O=C(NC1CCC(O)CC1)c1cc(F)c(F)cc1Cl. The second kappa shape index (κ2) is 5.84. The van der Waals surface area contributed by atoms with Gasteiger partial charge >= 0.3 is 0 Å². The predicted molar refractivity (Wildman–Crippen MR) is 67.1 cm³/mol. The number of carbonyl (C=O) groups is 1. The summed E-state index contributed by atoms with van der Waals surface area (Å²) in [4.78, 5) is 11.9. The third kappa shape index (κ3) is 3.42. The van der Waals surface area contributed by atoms with Crippen LogP contribution in [0.15, 0.2) is 12.1 Å². The number of aliphatic hydroxyl groups is 1. The predicted octanol–water partition coefficient (Wildman–Crippen LogP) is 2.65. The summed E-state index contributed by atoms with van der Waals surface area (Å²) in [5, 5.41) is 12.0. The largest absolute Gasteiger partial charge is 0.393 e. The Morgan fingerprint density at radius 3 is 2.42 bits per heavy atom. The van der Waals surface area contributed by atoms with Crippen molar-refractivity contribution in [2.24, 2.45) is 0 Å². The molecule has 0 aromatic heterocycles. The number of hydrogen-bond donors (Lipinski definition) is 2. The van der Waals surface area contributed by atoms with E-state index in [1.54, 1.807) is 0 Å². The lowest BCUT2D eigenvalue weighted by atomic mass is 9.93. The second-order valence-corrected chi connectivity index (χ2v) is 5.13. The van der Waals surface area contributed by atoms with Gasteiger partial charge in [-0.3, -0.25) is 4.79 Å². The number of hydrogen-bond acceptors (Lipinski definition) is 2. The first-order chi connectivity index (χ1) is 8.97. The molecule has 0 bridgehead atoms. The van der Waals surface area contributed by atoms with Crippen LogP contribution in [-0.2, 0) is 0 Å². The molecule has 0 heterocycles. The molecule has 0 spiro atoms. The van der Waals surface area contributed by atoms with Crippen molar-refractivity contribution >= 4 is 17.5 Å². The summed E-state index contributed by atoms with van der Waals surface area (Å²) < 4.78 is 26.0. The van der Waals surface area contributed by atoms with E-state index in [0.29, 0.717) is 25.7 Å². The number of nitrogens with one attached hydrogen (secondary N) is 1. The normalized spacial score (nSPS) is 23.2. The molecule has 0 unspecified atom stereocenters. The van der Waals surface area contributed by atoms with Gasteiger partial charge in [0.05, 0.1) is 16.7 Å². The van der Waals surface area contributed by atoms with Crippen LogP contribution in [0.2, 0.25) is 5.02 Å². The van der Waals surface area contributed by atoms with E-state index in [2.05, 4.69) is 5.32 Å². The molecule has 0 atom stereocenters. The molecular weight excluding hydrogens is 276 g/mol. The van der Waals surface area contributed by atoms with Gasteiger partial charge in [-0.1, -0.05) is 11.6 Å². The van der Waals surface area contributed by atoms with Crippen molar-refractivity contribution in [3.63, 3.8) is 0 Å². The smallest absolute Gasteiger partial charge is 0.253 e. The van der Waals surface area contributed by atoms with Crippen molar-refractivity contribution in [2.75, 3.05) is 0 Å². The molecule has 1 saturated carbocycles. The Balaban J connectivity index is 2.06.